The molecule has 0 radical (unpaired) electrons. The molecule has 0 bridgehead atoms. The van der Waals surface area contributed by atoms with Gasteiger partial charge in [-0.3, -0.25) is 4.79 Å². The fourth-order valence-corrected chi connectivity index (χ4v) is 1.27. The molecule has 0 saturated heterocycles. The number of nitrogens with one attached hydrogen (secondary N) is 2. The predicted molar refractivity (Wildman–Crippen MR) is 66.4 cm³/mol. The monoisotopic (exact) mass is 238 g/mol. The number of ether oxygens (including phenoxy) is 1. The summed E-state index contributed by atoms with van der Waals surface area (Å²) < 4.78 is 4.91. The van der Waals surface area contributed by atoms with Crippen LogP contribution < -0.4 is 15.4 Å². The largest absolute Gasteiger partial charge is 0.504 e. The van der Waals surface area contributed by atoms with E-state index in [9.17, 15) is 9.90 Å². The number of carbonyl (C=O) groups is 1. The molecule has 0 unspecified atom stereocenters. The van der Waals surface area contributed by atoms with Gasteiger partial charge in [-0.2, -0.15) is 0 Å². The lowest BCUT2D eigenvalue weighted by atomic mass is 10.2. The van der Waals surface area contributed by atoms with Crippen LogP contribution in [0.25, 0.3) is 0 Å². The van der Waals surface area contributed by atoms with Crippen molar-refractivity contribution in [3.05, 3.63) is 18.2 Å². The molecule has 3 N–H and O–H groups in total. The summed E-state index contributed by atoms with van der Waals surface area (Å²) in [6, 6.07) is 4.98. The molecule has 0 heterocycles. The normalized spacial score (nSPS) is 10.4. The van der Waals surface area contributed by atoms with E-state index in [1.807, 2.05) is 13.8 Å². The van der Waals surface area contributed by atoms with Crippen molar-refractivity contribution in [3.63, 3.8) is 0 Å². The maximum atomic E-state index is 11.5. The van der Waals surface area contributed by atoms with Crippen LogP contribution in [0.1, 0.15) is 13.8 Å². The maximum absolute atomic E-state index is 11.5. The zero-order valence-electron chi connectivity index (χ0n) is 10.3. The molecule has 94 valence electrons. The van der Waals surface area contributed by atoms with Gasteiger partial charge in [0.2, 0.25) is 5.91 Å². The first kappa shape index (κ1) is 13.3. The number of rotatable bonds is 5. The summed E-state index contributed by atoms with van der Waals surface area (Å²) in [6.07, 6.45) is 0. The van der Waals surface area contributed by atoms with E-state index >= 15 is 0 Å². The van der Waals surface area contributed by atoms with Gasteiger partial charge >= 0.3 is 0 Å². The van der Waals surface area contributed by atoms with Gasteiger partial charge in [0, 0.05) is 17.8 Å². The Bertz CT molecular complexity index is 391. The molecule has 1 aromatic rings. The number of phenols is 1. The third-order valence-corrected chi connectivity index (χ3v) is 2.13. The molecule has 0 fully saturated rings. The van der Waals surface area contributed by atoms with E-state index < -0.39 is 0 Å². The molecule has 0 aliphatic rings. The van der Waals surface area contributed by atoms with Gasteiger partial charge in [0.1, 0.15) is 0 Å². The van der Waals surface area contributed by atoms with Crippen LogP contribution in [-0.2, 0) is 4.79 Å². The van der Waals surface area contributed by atoms with Gasteiger partial charge < -0.3 is 20.5 Å². The number of hydrogen-bond donors (Lipinski definition) is 3. The first-order valence-corrected chi connectivity index (χ1v) is 5.43. The van der Waals surface area contributed by atoms with Crippen molar-refractivity contribution in [2.45, 2.75) is 19.9 Å². The predicted octanol–water partition coefficient (Wildman–Crippen LogP) is 1.34. The van der Waals surface area contributed by atoms with Gasteiger partial charge in [0.05, 0.1) is 13.7 Å². The molecular formula is C12H18N2O3. The highest BCUT2D eigenvalue weighted by molar-refractivity contribution is 5.92. The molecule has 0 aliphatic carbocycles. The lowest BCUT2D eigenvalue weighted by molar-refractivity contribution is -0.115. The molecule has 1 rings (SSSR count). The molecule has 5 heteroatoms. The lowest BCUT2D eigenvalue weighted by Crippen LogP contribution is -2.32. The molecule has 1 aromatic carbocycles. The summed E-state index contributed by atoms with van der Waals surface area (Å²) in [5.74, 6) is 0.230. The van der Waals surface area contributed by atoms with Crippen LogP contribution >= 0.6 is 0 Å². The number of amides is 1. The standard InChI is InChI=1S/C12H18N2O3/c1-8(2)13-7-12(16)14-9-4-5-11(17-3)10(15)6-9/h4-6,8,13,15H,7H2,1-3H3,(H,14,16). The summed E-state index contributed by atoms with van der Waals surface area (Å²) in [6.45, 7) is 4.17. The Morgan fingerprint density at radius 3 is 2.71 bits per heavy atom. The van der Waals surface area contributed by atoms with Gasteiger partial charge in [-0.1, -0.05) is 13.8 Å². The molecular weight excluding hydrogens is 220 g/mol. The number of aromatic hydroxyl groups is 1. The van der Waals surface area contributed by atoms with Crippen molar-refractivity contribution in [2.24, 2.45) is 0 Å². The zero-order chi connectivity index (χ0) is 12.8. The topological polar surface area (TPSA) is 70.6 Å². The number of anilines is 1. The quantitative estimate of drug-likeness (QED) is 0.724. The second-order valence-electron chi connectivity index (χ2n) is 3.97. The van der Waals surface area contributed by atoms with Gasteiger partial charge in [-0.25, -0.2) is 0 Å². The van der Waals surface area contributed by atoms with E-state index in [-0.39, 0.29) is 24.2 Å². The first-order chi connectivity index (χ1) is 8.02. The van der Waals surface area contributed by atoms with Crippen LogP contribution in [0.3, 0.4) is 0 Å². The molecule has 5 nitrogen and oxygen atoms in total. The SMILES string of the molecule is COc1ccc(NC(=O)CNC(C)C)cc1O. The van der Waals surface area contributed by atoms with E-state index in [0.29, 0.717) is 11.4 Å². The van der Waals surface area contributed by atoms with Gasteiger partial charge in [-0.05, 0) is 12.1 Å². The van der Waals surface area contributed by atoms with Crippen molar-refractivity contribution in [1.29, 1.82) is 0 Å². The van der Waals surface area contributed by atoms with Crippen LogP contribution in [0.4, 0.5) is 5.69 Å². The Balaban J connectivity index is 2.57. The highest BCUT2D eigenvalue weighted by atomic mass is 16.5. The van der Waals surface area contributed by atoms with Crippen molar-refractivity contribution < 1.29 is 14.6 Å². The average molecular weight is 238 g/mol. The fourth-order valence-electron chi connectivity index (χ4n) is 1.27. The van der Waals surface area contributed by atoms with Crippen LogP contribution in [0.2, 0.25) is 0 Å². The molecule has 0 aliphatic heterocycles. The molecule has 0 aromatic heterocycles. The number of carbonyl (C=O) groups excluding carboxylic acids is 1. The van der Waals surface area contributed by atoms with Crippen molar-refractivity contribution in [3.8, 4) is 11.5 Å². The summed E-state index contributed by atoms with van der Waals surface area (Å²) >= 11 is 0. The Morgan fingerprint density at radius 2 is 2.18 bits per heavy atom. The molecule has 1 amide bonds. The van der Waals surface area contributed by atoms with Crippen LogP contribution in [0.15, 0.2) is 18.2 Å². The highest BCUT2D eigenvalue weighted by Crippen LogP contribution is 2.28. The third kappa shape index (κ3) is 4.32. The second kappa shape index (κ2) is 6.10. The molecule has 0 spiro atoms. The third-order valence-electron chi connectivity index (χ3n) is 2.13. The van der Waals surface area contributed by atoms with Gasteiger partial charge in [0.15, 0.2) is 11.5 Å². The van der Waals surface area contributed by atoms with Crippen molar-refractivity contribution in [1.82, 2.24) is 5.32 Å². The number of benzene rings is 1. The Morgan fingerprint density at radius 1 is 1.47 bits per heavy atom. The smallest absolute Gasteiger partial charge is 0.238 e. The Labute approximate surface area is 101 Å². The number of methoxy groups -OCH3 is 1. The summed E-state index contributed by atoms with van der Waals surface area (Å²) in [4.78, 5) is 11.5. The molecule has 17 heavy (non-hydrogen) atoms. The minimum absolute atomic E-state index is 0.00196. The van der Waals surface area contributed by atoms with Gasteiger partial charge in [0.25, 0.3) is 0 Å². The highest BCUT2D eigenvalue weighted by Gasteiger charge is 2.06. The summed E-state index contributed by atoms with van der Waals surface area (Å²) in [5.41, 5.74) is 0.541. The van der Waals surface area contributed by atoms with E-state index in [2.05, 4.69) is 10.6 Å². The molecule has 0 atom stereocenters. The van der Waals surface area contributed by atoms with Crippen LogP contribution in [0.5, 0.6) is 11.5 Å². The Kier molecular flexibility index (Phi) is 4.78. The van der Waals surface area contributed by atoms with E-state index in [1.54, 1.807) is 12.1 Å². The van der Waals surface area contributed by atoms with E-state index in [4.69, 9.17) is 4.74 Å². The minimum atomic E-state index is -0.150. The maximum Gasteiger partial charge on any atom is 0.238 e. The number of phenolic OH excluding ortho intramolecular Hbond substituents is 1. The number of hydrogen-bond acceptors (Lipinski definition) is 4. The van der Waals surface area contributed by atoms with E-state index in [0.717, 1.165) is 0 Å². The van der Waals surface area contributed by atoms with Crippen LogP contribution in [0, 0.1) is 0 Å². The zero-order valence-corrected chi connectivity index (χ0v) is 10.3. The fraction of sp³-hybridized carbons (Fsp3) is 0.417. The second-order valence-corrected chi connectivity index (χ2v) is 3.97. The summed E-state index contributed by atoms with van der Waals surface area (Å²) in [7, 11) is 1.47. The average Bonchev–Trinajstić information content (AvgIpc) is 2.26. The summed E-state index contributed by atoms with van der Waals surface area (Å²) in [5, 5.41) is 15.2. The van der Waals surface area contributed by atoms with E-state index in [1.165, 1.54) is 13.2 Å². The minimum Gasteiger partial charge on any atom is -0.504 e. The Hall–Kier alpha value is -1.75. The van der Waals surface area contributed by atoms with Gasteiger partial charge in [-0.15, -0.1) is 0 Å². The van der Waals surface area contributed by atoms with Crippen molar-refractivity contribution in [2.75, 3.05) is 19.0 Å². The molecule has 0 saturated carbocycles. The van der Waals surface area contributed by atoms with Crippen molar-refractivity contribution >= 4 is 11.6 Å². The first-order valence-electron chi connectivity index (χ1n) is 5.43. The van der Waals surface area contributed by atoms with Crippen LogP contribution in [-0.4, -0.2) is 30.7 Å². The lowest BCUT2D eigenvalue weighted by Gasteiger charge is -2.10.